The predicted molar refractivity (Wildman–Crippen MR) is 189 cm³/mol. The van der Waals surface area contributed by atoms with Gasteiger partial charge in [0, 0.05) is 22.5 Å². The number of amides is 4. The highest BCUT2D eigenvalue weighted by Crippen LogP contribution is 2.26. The zero-order valence-electron chi connectivity index (χ0n) is 31.8. The van der Waals surface area contributed by atoms with Crippen molar-refractivity contribution in [3.8, 4) is 11.5 Å². The number of nitrogens with one attached hydrogen (secondary N) is 4. The Balaban J connectivity index is 0.000000301. The number of benzene rings is 4. The fourth-order valence-electron chi connectivity index (χ4n) is 4.31. The third-order valence-electron chi connectivity index (χ3n) is 6.33. The molecule has 4 N–H and O–H groups in total. The number of anilines is 2. The highest BCUT2D eigenvalue weighted by atomic mass is 19.4. The summed E-state index contributed by atoms with van der Waals surface area (Å²) >= 11 is 0. The molecule has 0 saturated heterocycles. The van der Waals surface area contributed by atoms with Gasteiger partial charge in [0.05, 0.1) is 25.0 Å². The molecule has 4 aromatic carbocycles. The summed E-state index contributed by atoms with van der Waals surface area (Å²) in [5.74, 6) is -3.34. The Kier molecular flexibility index (Phi) is 12.5. The van der Waals surface area contributed by atoms with Gasteiger partial charge < -0.3 is 30.7 Å². The van der Waals surface area contributed by atoms with E-state index >= 15 is 0 Å². The Morgan fingerprint density at radius 1 is 0.481 bits per heavy atom. The SMILES string of the molecule is CC(C)(C)NC(=O)c1ccccc1C(=O)Nc1ccc(OC(F)(F)F)cc1.[3H]c1ccc([3H])c(C(=O)NC(C)(C)C)c1C(=O)Nc1ccc(OC(F)(F)F)cc1. The van der Waals surface area contributed by atoms with E-state index in [0.29, 0.717) is 0 Å². The minimum absolute atomic E-state index is 0.126. The van der Waals surface area contributed by atoms with Crippen molar-refractivity contribution in [1.82, 2.24) is 10.6 Å². The number of ether oxygens (including phenoxy) is 2. The van der Waals surface area contributed by atoms with Crippen LogP contribution in [0.15, 0.2) is 97.0 Å². The highest BCUT2D eigenvalue weighted by Gasteiger charge is 2.32. The van der Waals surface area contributed by atoms with Crippen molar-refractivity contribution in [2.45, 2.75) is 65.3 Å². The maximum atomic E-state index is 12.7. The number of rotatable bonds is 8. The van der Waals surface area contributed by atoms with E-state index in [1.807, 2.05) is 20.8 Å². The molecule has 0 bridgehead atoms. The van der Waals surface area contributed by atoms with E-state index in [-0.39, 0.29) is 45.7 Å². The molecule has 54 heavy (non-hydrogen) atoms. The summed E-state index contributed by atoms with van der Waals surface area (Å²) in [6.45, 7) is 10.6. The average molecular weight is 765 g/mol. The molecule has 4 aromatic rings. The Hall–Kier alpha value is -6.06. The fraction of sp³-hybridized carbons (Fsp3) is 0.263. The van der Waals surface area contributed by atoms with Crippen LogP contribution in [0.2, 0.25) is 0 Å². The normalized spacial score (nSPS) is 12.1. The van der Waals surface area contributed by atoms with Crippen LogP contribution in [0, 0.1) is 0 Å². The van der Waals surface area contributed by atoms with Crippen molar-refractivity contribution < 1.29 is 57.7 Å². The molecule has 0 aliphatic heterocycles. The topological polar surface area (TPSA) is 135 Å². The van der Waals surface area contributed by atoms with Gasteiger partial charge in [-0.15, -0.1) is 26.3 Å². The van der Waals surface area contributed by atoms with E-state index in [1.165, 1.54) is 48.5 Å². The van der Waals surface area contributed by atoms with Gasteiger partial charge in [0.25, 0.3) is 23.6 Å². The second-order valence-electron chi connectivity index (χ2n) is 13.4. The predicted octanol–water partition coefficient (Wildman–Crippen LogP) is 8.73. The van der Waals surface area contributed by atoms with Gasteiger partial charge in [0.2, 0.25) is 0 Å². The van der Waals surface area contributed by atoms with Gasteiger partial charge in [0.15, 0.2) is 0 Å². The maximum absolute atomic E-state index is 12.7. The van der Waals surface area contributed by atoms with Gasteiger partial charge >= 0.3 is 12.7 Å². The van der Waals surface area contributed by atoms with Gasteiger partial charge in [0.1, 0.15) is 11.5 Å². The van der Waals surface area contributed by atoms with Gasteiger partial charge in [-0.1, -0.05) is 24.3 Å². The van der Waals surface area contributed by atoms with E-state index in [9.17, 15) is 45.5 Å². The van der Waals surface area contributed by atoms with Crippen molar-refractivity contribution in [2.75, 3.05) is 10.6 Å². The Bertz CT molecular complexity index is 2040. The smallest absolute Gasteiger partial charge is 0.406 e. The summed E-state index contributed by atoms with van der Waals surface area (Å²) in [4.78, 5) is 50.2. The molecular formula is C38H38F6N4O6. The summed E-state index contributed by atoms with van der Waals surface area (Å²) in [7, 11) is 0. The minimum Gasteiger partial charge on any atom is -0.406 e. The molecule has 0 radical (unpaired) electrons. The third-order valence-corrected chi connectivity index (χ3v) is 6.33. The van der Waals surface area contributed by atoms with Crippen LogP contribution in [0.4, 0.5) is 37.7 Å². The first-order valence-electron chi connectivity index (χ1n) is 16.9. The molecule has 0 heterocycles. The highest BCUT2D eigenvalue weighted by molar-refractivity contribution is 6.13. The Morgan fingerprint density at radius 3 is 1.15 bits per heavy atom. The van der Waals surface area contributed by atoms with Gasteiger partial charge in [-0.2, -0.15) is 0 Å². The number of hydrogen-bond donors (Lipinski definition) is 4. The zero-order chi connectivity index (χ0) is 42.2. The van der Waals surface area contributed by atoms with Crippen molar-refractivity contribution >= 4 is 35.0 Å². The van der Waals surface area contributed by atoms with Crippen molar-refractivity contribution in [3.05, 3.63) is 119 Å². The van der Waals surface area contributed by atoms with Crippen molar-refractivity contribution in [1.29, 1.82) is 0 Å². The van der Waals surface area contributed by atoms with Crippen LogP contribution in [0.3, 0.4) is 0 Å². The van der Waals surface area contributed by atoms with E-state index in [0.717, 1.165) is 24.3 Å². The first-order chi connectivity index (χ1) is 25.7. The summed E-state index contributed by atoms with van der Waals surface area (Å²) in [6.07, 6.45) is -9.63. The first-order valence-corrected chi connectivity index (χ1v) is 15.9. The number of carbonyl (C=O) groups is 4. The number of carbonyl (C=O) groups excluding carboxylic acids is 4. The molecule has 0 unspecified atom stereocenters. The van der Waals surface area contributed by atoms with Crippen LogP contribution in [-0.4, -0.2) is 47.4 Å². The first kappa shape index (κ1) is 39.2. The summed E-state index contributed by atoms with van der Waals surface area (Å²) in [6, 6.07) is 17.3. The van der Waals surface area contributed by atoms with Crippen molar-refractivity contribution in [3.63, 3.8) is 0 Å². The second kappa shape index (κ2) is 17.2. The van der Waals surface area contributed by atoms with E-state index in [2.05, 4.69) is 30.7 Å². The maximum Gasteiger partial charge on any atom is 0.573 e. The largest absolute Gasteiger partial charge is 0.573 e. The molecule has 0 fully saturated rings. The number of alkyl halides is 6. The number of hydrogen-bond acceptors (Lipinski definition) is 6. The third kappa shape index (κ3) is 14.5. The lowest BCUT2D eigenvalue weighted by molar-refractivity contribution is -0.275. The van der Waals surface area contributed by atoms with E-state index < -0.39 is 58.9 Å². The molecule has 0 aromatic heterocycles. The lowest BCUT2D eigenvalue weighted by atomic mass is 10.0. The van der Waals surface area contributed by atoms with Crippen molar-refractivity contribution in [2.24, 2.45) is 0 Å². The molecule has 4 rings (SSSR count). The molecule has 0 atom stereocenters. The standard InChI is InChI=1S/2C19H19F3N2O3/c2*1-18(2,3)24-17(26)15-7-5-4-6-14(15)16(25)23-12-8-10-13(11-9-12)27-19(20,21)22/h2*4-11H,1-3H3,(H,23,25)(H,24,26)/i6T,7T;. The quantitative estimate of drug-likeness (QED) is 0.133. The lowest BCUT2D eigenvalue weighted by Gasteiger charge is -2.21. The molecule has 0 aliphatic rings. The average Bonchev–Trinajstić information content (AvgIpc) is 3.04. The van der Waals surface area contributed by atoms with Crippen LogP contribution in [0.25, 0.3) is 0 Å². The summed E-state index contributed by atoms with van der Waals surface area (Å²) in [5.41, 5.74) is -0.950. The lowest BCUT2D eigenvalue weighted by Crippen LogP contribution is -2.41. The van der Waals surface area contributed by atoms with Crippen LogP contribution in [0.1, 0.15) is 85.7 Å². The van der Waals surface area contributed by atoms with Crippen LogP contribution in [0.5, 0.6) is 11.5 Å². The molecule has 0 saturated carbocycles. The summed E-state index contributed by atoms with van der Waals surface area (Å²) < 4.78 is 96.7. The van der Waals surface area contributed by atoms with Gasteiger partial charge in [-0.25, -0.2) is 0 Å². The van der Waals surface area contributed by atoms with Crippen LogP contribution < -0.4 is 30.7 Å². The molecule has 4 amide bonds. The van der Waals surface area contributed by atoms with E-state index in [1.54, 1.807) is 32.9 Å². The molecule has 16 heteroatoms. The molecular weight excluding hydrogens is 722 g/mol. The summed E-state index contributed by atoms with van der Waals surface area (Å²) in [5, 5.41) is 10.4. The van der Waals surface area contributed by atoms with Gasteiger partial charge in [-0.3, -0.25) is 19.2 Å². The Labute approximate surface area is 310 Å². The number of halogens is 6. The van der Waals surface area contributed by atoms with Gasteiger partial charge in [-0.05, 0) is 114 Å². The van der Waals surface area contributed by atoms with E-state index in [4.69, 9.17) is 2.74 Å². The fourth-order valence-corrected chi connectivity index (χ4v) is 4.31. The molecule has 0 aliphatic carbocycles. The Morgan fingerprint density at radius 2 is 0.796 bits per heavy atom. The van der Waals surface area contributed by atoms with Crippen LogP contribution >= 0.6 is 0 Å². The minimum atomic E-state index is -4.84. The molecule has 0 spiro atoms. The molecule has 10 nitrogen and oxygen atoms in total. The zero-order valence-corrected chi connectivity index (χ0v) is 29.8. The molecule has 288 valence electrons. The monoisotopic (exact) mass is 764 g/mol. The van der Waals surface area contributed by atoms with Crippen LogP contribution in [-0.2, 0) is 0 Å². The second-order valence-corrected chi connectivity index (χ2v) is 13.4.